The summed E-state index contributed by atoms with van der Waals surface area (Å²) in [6.07, 6.45) is 0. The molecule has 0 bridgehead atoms. The second kappa shape index (κ2) is 6.45. The molecule has 26 heavy (non-hydrogen) atoms. The van der Waals surface area contributed by atoms with E-state index in [1.807, 2.05) is 61.5 Å². The van der Waals surface area contributed by atoms with E-state index in [0.29, 0.717) is 16.8 Å². The van der Waals surface area contributed by atoms with E-state index in [9.17, 15) is 9.59 Å². The number of carbonyl (C=O) groups excluding carboxylic acids is 2. The number of hydrogen-bond acceptors (Lipinski definition) is 2. The van der Waals surface area contributed by atoms with E-state index in [4.69, 9.17) is 0 Å². The molecule has 1 aromatic heterocycles. The molecule has 0 saturated carbocycles. The van der Waals surface area contributed by atoms with Gasteiger partial charge < -0.3 is 4.98 Å². The summed E-state index contributed by atoms with van der Waals surface area (Å²) >= 11 is 0. The predicted molar refractivity (Wildman–Crippen MR) is 104 cm³/mol. The quantitative estimate of drug-likeness (QED) is 0.410. The highest BCUT2D eigenvalue weighted by Crippen LogP contribution is 2.32. The van der Waals surface area contributed by atoms with Gasteiger partial charge in [0.05, 0.1) is 11.3 Å². The number of aromatic nitrogens is 1. The lowest BCUT2D eigenvalue weighted by molar-refractivity contribution is 0.0818. The fourth-order valence-electron chi connectivity index (χ4n) is 3.20. The Labute approximate surface area is 151 Å². The summed E-state index contributed by atoms with van der Waals surface area (Å²) < 4.78 is 0. The van der Waals surface area contributed by atoms with Crippen molar-refractivity contribution >= 4 is 22.5 Å². The van der Waals surface area contributed by atoms with Crippen molar-refractivity contribution in [2.75, 3.05) is 0 Å². The third kappa shape index (κ3) is 2.74. The van der Waals surface area contributed by atoms with E-state index in [1.165, 1.54) is 0 Å². The molecule has 0 saturated heterocycles. The first kappa shape index (κ1) is 16.0. The lowest BCUT2D eigenvalue weighted by Crippen LogP contribution is -2.15. The first-order valence-corrected chi connectivity index (χ1v) is 8.47. The summed E-state index contributed by atoms with van der Waals surface area (Å²) in [5.74, 6) is -0.989. The van der Waals surface area contributed by atoms with Crippen LogP contribution in [0.25, 0.3) is 22.2 Å². The molecule has 0 unspecified atom stereocenters. The molecule has 0 radical (unpaired) electrons. The Morgan fingerprint density at radius 1 is 0.769 bits per heavy atom. The monoisotopic (exact) mass is 339 g/mol. The van der Waals surface area contributed by atoms with Crippen LogP contribution in [-0.4, -0.2) is 16.6 Å². The number of carbonyl (C=O) groups is 2. The molecule has 0 aliphatic rings. The van der Waals surface area contributed by atoms with Gasteiger partial charge in [0.25, 0.3) is 0 Å². The molecule has 3 heteroatoms. The number of ketones is 2. The van der Waals surface area contributed by atoms with Crippen LogP contribution in [0.2, 0.25) is 0 Å². The van der Waals surface area contributed by atoms with Crippen LogP contribution in [0.1, 0.15) is 26.3 Å². The lowest BCUT2D eigenvalue weighted by atomic mass is 9.96. The Balaban J connectivity index is 1.94. The average molecular weight is 339 g/mol. The van der Waals surface area contributed by atoms with Crippen LogP contribution in [0, 0.1) is 6.92 Å². The zero-order valence-electron chi connectivity index (χ0n) is 14.3. The number of fused-ring (bicyclic) bond motifs is 1. The van der Waals surface area contributed by atoms with Gasteiger partial charge in [-0.25, -0.2) is 0 Å². The molecular weight excluding hydrogens is 322 g/mol. The van der Waals surface area contributed by atoms with Crippen LogP contribution in [-0.2, 0) is 0 Å². The molecule has 0 atom stereocenters. The van der Waals surface area contributed by atoms with Crippen molar-refractivity contribution in [2.24, 2.45) is 0 Å². The Morgan fingerprint density at radius 2 is 1.42 bits per heavy atom. The van der Waals surface area contributed by atoms with E-state index >= 15 is 0 Å². The van der Waals surface area contributed by atoms with E-state index in [-0.39, 0.29) is 0 Å². The van der Waals surface area contributed by atoms with Crippen LogP contribution in [0.5, 0.6) is 0 Å². The third-order valence-corrected chi connectivity index (χ3v) is 4.49. The molecule has 0 aliphatic heterocycles. The van der Waals surface area contributed by atoms with Crippen LogP contribution in [0.4, 0.5) is 0 Å². The van der Waals surface area contributed by atoms with Gasteiger partial charge in [-0.15, -0.1) is 0 Å². The zero-order valence-corrected chi connectivity index (χ0v) is 14.3. The van der Waals surface area contributed by atoms with Gasteiger partial charge in [0.1, 0.15) is 0 Å². The van der Waals surface area contributed by atoms with Crippen LogP contribution >= 0.6 is 0 Å². The number of aryl methyl sites for hydroxylation is 1. The topological polar surface area (TPSA) is 49.9 Å². The van der Waals surface area contributed by atoms with Crippen molar-refractivity contribution in [1.82, 2.24) is 4.98 Å². The Kier molecular flexibility index (Phi) is 3.98. The molecule has 0 aliphatic carbocycles. The molecule has 0 spiro atoms. The van der Waals surface area contributed by atoms with Crippen LogP contribution < -0.4 is 0 Å². The second-order valence-electron chi connectivity index (χ2n) is 6.31. The highest BCUT2D eigenvalue weighted by atomic mass is 16.2. The fourth-order valence-corrected chi connectivity index (χ4v) is 3.20. The maximum Gasteiger partial charge on any atom is 0.236 e. The molecule has 3 nitrogen and oxygen atoms in total. The van der Waals surface area contributed by atoms with Gasteiger partial charge >= 0.3 is 0 Å². The summed E-state index contributed by atoms with van der Waals surface area (Å²) in [5.41, 5.74) is 4.28. The third-order valence-electron chi connectivity index (χ3n) is 4.49. The summed E-state index contributed by atoms with van der Waals surface area (Å²) in [5, 5.41) is 0.776. The standard InChI is InChI=1S/C23H17NO2/c1-15-12-13-19-18(14-15)20(21(24-19)16-8-4-2-5-9-16)23(26)22(25)17-10-6-3-7-11-17/h2-14,24H,1H3. The Morgan fingerprint density at radius 3 is 2.12 bits per heavy atom. The minimum atomic E-state index is -0.495. The summed E-state index contributed by atoms with van der Waals surface area (Å²) in [6, 6.07) is 24.2. The number of nitrogens with one attached hydrogen (secondary N) is 1. The first-order chi connectivity index (χ1) is 12.6. The smallest absolute Gasteiger partial charge is 0.236 e. The van der Waals surface area contributed by atoms with Crippen LogP contribution in [0.3, 0.4) is 0 Å². The van der Waals surface area contributed by atoms with Gasteiger partial charge in [0, 0.05) is 16.5 Å². The van der Waals surface area contributed by atoms with Crippen molar-refractivity contribution in [1.29, 1.82) is 0 Å². The van der Waals surface area contributed by atoms with Crippen molar-refractivity contribution in [3.63, 3.8) is 0 Å². The van der Waals surface area contributed by atoms with Crippen LogP contribution in [0.15, 0.2) is 78.9 Å². The predicted octanol–water partition coefficient (Wildman–Crippen LogP) is 5.21. The van der Waals surface area contributed by atoms with Crippen molar-refractivity contribution in [3.8, 4) is 11.3 Å². The second-order valence-corrected chi connectivity index (χ2v) is 6.31. The maximum absolute atomic E-state index is 13.2. The number of benzene rings is 3. The fraction of sp³-hybridized carbons (Fsp3) is 0.0435. The van der Waals surface area contributed by atoms with Crippen molar-refractivity contribution in [3.05, 3.63) is 95.6 Å². The van der Waals surface area contributed by atoms with Crippen molar-refractivity contribution in [2.45, 2.75) is 6.92 Å². The molecular formula is C23H17NO2. The SMILES string of the molecule is Cc1ccc2[nH]c(-c3ccccc3)c(C(=O)C(=O)c3ccccc3)c2c1. The molecule has 4 rings (SSSR count). The molecule has 4 aromatic rings. The van der Waals surface area contributed by atoms with E-state index in [0.717, 1.165) is 22.0 Å². The highest BCUT2D eigenvalue weighted by molar-refractivity contribution is 6.52. The van der Waals surface area contributed by atoms with Gasteiger partial charge in [-0.05, 0) is 24.6 Å². The summed E-state index contributed by atoms with van der Waals surface area (Å²) in [7, 11) is 0. The lowest BCUT2D eigenvalue weighted by Gasteiger charge is -2.05. The van der Waals surface area contributed by atoms with Gasteiger partial charge in [-0.1, -0.05) is 72.3 Å². The Bertz CT molecular complexity index is 1110. The minimum Gasteiger partial charge on any atom is -0.354 e. The number of Topliss-reactive ketones (excluding diaryl/α,β-unsaturated/α-hetero) is 2. The van der Waals surface area contributed by atoms with Gasteiger partial charge in [-0.2, -0.15) is 0 Å². The summed E-state index contributed by atoms with van der Waals surface area (Å²) in [6.45, 7) is 1.97. The van der Waals surface area contributed by atoms with Gasteiger partial charge in [0.2, 0.25) is 11.6 Å². The highest BCUT2D eigenvalue weighted by Gasteiger charge is 2.26. The molecule has 3 aromatic carbocycles. The van der Waals surface area contributed by atoms with E-state index in [1.54, 1.807) is 24.3 Å². The number of H-pyrrole nitrogens is 1. The molecule has 0 fully saturated rings. The number of hydrogen-bond donors (Lipinski definition) is 1. The van der Waals surface area contributed by atoms with Gasteiger partial charge in [0.15, 0.2) is 0 Å². The normalized spacial score (nSPS) is 10.8. The Hall–Kier alpha value is -3.46. The zero-order chi connectivity index (χ0) is 18.1. The molecule has 1 N–H and O–H groups in total. The number of aromatic amines is 1. The number of rotatable bonds is 4. The van der Waals surface area contributed by atoms with Crippen molar-refractivity contribution < 1.29 is 9.59 Å². The summed E-state index contributed by atoms with van der Waals surface area (Å²) in [4.78, 5) is 29.3. The van der Waals surface area contributed by atoms with E-state index < -0.39 is 11.6 Å². The molecule has 0 amide bonds. The minimum absolute atomic E-state index is 0.401. The largest absolute Gasteiger partial charge is 0.354 e. The van der Waals surface area contributed by atoms with Gasteiger partial charge in [-0.3, -0.25) is 9.59 Å². The molecule has 1 heterocycles. The average Bonchev–Trinajstić information content (AvgIpc) is 3.06. The van der Waals surface area contributed by atoms with E-state index in [2.05, 4.69) is 4.98 Å². The first-order valence-electron chi connectivity index (χ1n) is 8.47. The molecule has 126 valence electrons. The maximum atomic E-state index is 13.2.